The van der Waals surface area contributed by atoms with Crippen molar-refractivity contribution in [3.8, 4) is 5.75 Å². The number of hydrogen-bond acceptors (Lipinski definition) is 2. The van der Waals surface area contributed by atoms with Gasteiger partial charge in [-0.05, 0) is 67.2 Å². The number of benzene rings is 2. The molecular weight excluding hydrogens is 529 g/mol. The standard InChI is InChI=1S/C32H43N3O2.2ClH/c1-22-13-14-29(37-2)26-18-33-20-32(30(22)26)21-34-19-27(32)31(36)35-16-15-25(23-9-5-3-6-10-23)17-28(35)24-11-7-4-8-12-24;;/h3,5-6,9-10,13-14,24-25,27-28,33-34H,4,7-8,11-12,15-21H2,1-2H3;2*1H/t25-,27+,28+,32-;;/m1../s1. The van der Waals surface area contributed by atoms with Crippen LogP contribution in [0.3, 0.4) is 0 Å². The van der Waals surface area contributed by atoms with Crippen molar-refractivity contribution < 1.29 is 45.0 Å². The number of hydrogen-bond donors (Lipinski definition) is 2. The summed E-state index contributed by atoms with van der Waals surface area (Å²) in [7, 11) is 1.78. The zero-order valence-corrected chi connectivity index (χ0v) is 25.0. The number of piperidine rings is 1. The van der Waals surface area contributed by atoms with Crippen LogP contribution in [-0.4, -0.2) is 50.1 Å². The molecule has 4 aliphatic rings. The molecule has 2 saturated heterocycles. The average molecular weight is 575 g/mol. The molecule has 0 unspecified atom stereocenters. The van der Waals surface area contributed by atoms with Gasteiger partial charge in [0.15, 0.2) is 0 Å². The number of amides is 1. The maximum atomic E-state index is 14.7. The number of aryl methyl sites for hydroxylation is 1. The maximum Gasteiger partial charge on any atom is 0.233 e. The third kappa shape index (κ3) is 5.45. The Kier molecular flexibility index (Phi) is 9.91. The van der Waals surface area contributed by atoms with Crippen molar-refractivity contribution in [2.24, 2.45) is 11.8 Å². The first-order valence-corrected chi connectivity index (χ1v) is 14.8. The van der Waals surface area contributed by atoms with Crippen molar-refractivity contribution in [1.82, 2.24) is 4.90 Å². The molecule has 214 valence electrons. The number of ether oxygens (including phenoxy) is 1. The highest BCUT2D eigenvalue weighted by molar-refractivity contribution is 5.82. The fraction of sp³-hybridized carbons (Fsp3) is 0.594. The van der Waals surface area contributed by atoms with Gasteiger partial charge in [0.2, 0.25) is 5.91 Å². The van der Waals surface area contributed by atoms with Crippen LogP contribution in [0.2, 0.25) is 0 Å². The second kappa shape index (κ2) is 12.8. The summed E-state index contributed by atoms with van der Waals surface area (Å²) in [5.41, 5.74) is 5.39. The van der Waals surface area contributed by atoms with Crippen LogP contribution in [0.4, 0.5) is 0 Å². The first kappa shape index (κ1) is 30.2. The Morgan fingerprint density at radius 1 is 0.974 bits per heavy atom. The van der Waals surface area contributed by atoms with Crippen LogP contribution in [0, 0.1) is 18.8 Å². The summed E-state index contributed by atoms with van der Waals surface area (Å²) in [5, 5.41) is 4.83. The monoisotopic (exact) mass is 573 g/mol. The summed E-state index contributed by atoms with van der Waals surface area (Å²) in [4.78, 5) is 17.1. The van der Waals surface area contributed by atoms with E-state index in [1.807, 2.05) is 0 Å². The molecule has 2 aromatic rings. The smallest absolute Gasteiger partial charge is 0.233 e. The summed E-state index contributed by atoms with van der Waals surface area (Å²) < 4.78 is 5.81. The van der Waals surface area contributed by atoms with Crippen molar-refractivity contribution in [3.63, 3.8) is 0 Å². The highest BCUT2D eigenvalue weighted by Crippen LogP contribution is 2.44. The molecule has 1 saturated carbocycles. The van der Waals surface area contributed by atoms with Gasteiger partial charge in [-0.1, -0.05) is 55.7 Å². The van der Waals surface area contributed by atoms with E-state index in [0.717, 1.165) is 51.3 Å². The topological polar surface area (TPSA) is 62.8 Å². The van der Waals surface area contributed by atoms with E-state index in [2.05, 4.69) is 64.9 Å². The summed E-state index contributed by atoms with van der Waals surface area (Å²) in [6, 6.07) is 15.8. The van der Waals surface area contributed by atoms with E-state index in [-0.39, 0.29) is 36.1 Å². The van der Waals surface area contributed by atoms with Gasteiger partial charge in [0.1, 0.15) is 23.6 Å². The average Bonchev–Trinajstić information content (AvgIpc) is 3.37. The van der Waals surface area contributed by atoms with Gasteiger partial charge in [-0.2, -0.15) is 0 Å². The minimum absolute atomic E-state index is 0. The molecule has 5 nitrogen and oxygen atoms in total. The zero-order chi connectivity index (χ0) is 25.4. The number of likely N-dealkylation sites (tertiary alicyclic amines) is 1. The summed E-state index contributed by atoms with van der Waals surface area (Å²) in [6.45, 7) is 6.97. The van der Waals surface area contributed by atoms with E-state index >= 15 is 0 Å². The predicted octanol–water partition coefficient (Wildman–Crippen LogP) is -3.13. The minimum Gasteiger partial charge on any atom is -1.00 e. The van der Waals surface area contributed by atoms with Gasteiger partial charge in [0.25, 0.3) is 0 Å². The second-order valence-corrected chi connectivity index (χ2v) is 12.2. The van der Waals surface area contributed by atoms with Gasteiger partial charge in [-0.3, -0.25) is 4.79 Å². The van der Waals surface area contributed by atoms with Gasteiger partial charge in [0, 0.05) is 12.6 Å². The number of quaternary nitrogens is 2. The predicted molar refractivity (Wildman–Crippen MR) is 146 cm³/mol. The summed E-state index contributed by atoms with van der Waals surface area (Å²) in [5.74, 6) is 2.67. The van der Waals surface area contributed by atoms with Gasteiger partial charge >= 0.3 is 0 Å². The third-order valence-corrected chi connectivity index (χ3v) is 10.3. The van der Waals surface area contributed by atoms with Crippen LogP contribution in [-0.2, 0) is 16.8 Å². The minimum atomic E-state index is -0.114. The molecule has 0 aromatic heterocycles. The Labute approximate surface area is 246 Å². The van der Waals surface area contributed by atoms with Crippen LogP contribution < -0.4 is 40.2 Å². The van der Waals surface area contributed by atoms with Crippen LogP contribution in [0.25, 0.3) is 0 Å². The Morgan fingerprint density at radius 2 is 1.72 bits per heavy atom. The largest absolute Gasteiger partial charge is 1.00 e. The molecule has 1 amide bonds. The van der Waals surface area contributed by atoms with E-state index in [9.17, 15) is 4.79 Å². The van der Waals surface area contributed by atoms with Gasteiger partial charge < -0.3 is 45.1 Å². The Bertz CT molecular complexity index is 1120. The SMILES string of the molecule is COc1ccc(C)c2c1C[NH2+]C[C@]21C[NH2+]C[C@H]1C(=O)N1CC[C@@H](c2ccccc2)C[C@H]1C1CCCCC1.[Cl-].[Cl-]. The molecule has 0 radical (unpaired) electrons. The molecule has 6 rings (SSSR count). The fourth-order valence-electron chi connectivity index (χ4n) is 8.59. The van der Waals surface area contributed by atoms with E-state index in [1.54, 1.807) is 7.11 Å². The molecule has 4 N–H and O–H groups in total. The molecule has 0 bridgehead atoms. The number of halogens is 2. The number of carbonyl (C=O) groups excluding carboxylic acids is 1. The lowest BCUT2D eigenvalue weighted by atomic mass is 9.66. The second-order valence-electron chi connectivity index (χ2n) is 12.2. The van der Waals surface area contributed by atoms with Crippen molar-refractivity contribution in [3.05, 3.63) is 64.7 Å². The molecule has 3 heterocycles. The van der Waals surface area contributed by atoms with Crippen LogP contribution in [0.1, 0.15) is 73.1 Å². The zero-order valence-electron chi connectivity index (χ0n) is 23.5. The number of rotatable bonds is 4. The number of carbonyl (C=O) groups is 1. The number of nitrogens with two attached hydrogens (primary N) is 2. The third-order valence-electron chi connectivity index (χ3n) is 10.3. The number of fused-ring (bicyclic) bond motifs is 2. The molecular formula is C32H45Cl2N3O2. The Morgan fingerprint density at radius 3 is 2.46 bits per heavy atom. The highest BCUT2D eigenvalue weighted by Gasteiger charge is 2.58. The molecule has 3 fully saturated rings. The lowest BCUT2D eigenvalue weighted by Crippen LogP contribution is -3.00. The summed E-state index contributed by atoms with van der Waals surface area (Å²) >= 11 is 0. The highest BCUT2D eigenvalue weighted by atomic mass is 35.5. The first-order valence-electron chi connectivity index (χ1n) is 14.8. The molecule has 1 aliphatic carbocycles. The molecule has 3 aliphatic heterocycles. The molecule has 4 atom stereocenters. The first-order chi connectivity index (χ1) is 18.1. The molecule has 7 heteroatoms. The van der Waals surface area contributed by atoms with Crippen molar-refractivity contribution in [2.45, 2.75) is 75.8 Å². The lowest BCUT2D eigenvalue weighted by Gasteiger charge is -2.47. The molecule has 1 spiro atoms. The van der Waals surface area contributed by atoms with Crippen LogP contribution in [0.15, 0.2) is 42.5 Å². The number of nitrogens with zero attached hydrogens (tertiary/aromatic N) is 1. The van der Waals surface area contributed by atoms with Crippen molar-refractivity contribution >= 4 is 5.91 Å². The van der Waals surface area contributed by atoms with Gasteiger partial charge in [-0.15, -0.1) is 0 Å². The number of methoxy groups -OCH3 is 1. The van der Waals surface area contributed by atoms with Gasteiger partial charge in [-0.25, -0.2) is 0 Å². The molecule has 2 aromatic carbocycles. The van der Waals surface area contributed by atoms with Crippen LogP contribution in [0.5, 0.6) is 5.75 Å². The Balaban J connectivity index is 0.00000176. The maximum absolute atomic E-state index is 14.7. The van der Waals surface area contributed by atoms with Gasteiger partial charge in [0.05, 0.1) is 32.3 Å². The normalized spacial score (nSPS) is 28.8. The van der Waals surface area contributed by atoms with E-state index in [4.69, 9.17) is 4.74 Å². The van der Waals surface area contributed by atoms with Crippen LogP contribution >= 0.6 is 0 Å². The van der Waals surface area contributed by atoms with E-state index in [0.29, 0.717) is 23.8 Å². The molecule has 39 heavy (non-hydrogen) atoms. The van der Waals surface area contributed by atoms with Crippen molar-refractivity contribution in [2.75, 3.05) is 33.3 Å². The van der Waals surface area contributed by atoms with Crippen molar-refractivity contribution in [1.29, 1.82) is 0 Å². The summed E-state index contributed by atoms with van der Waals surface area (Å²) in [6.07, 6.45) is 8.77. The lowest BCUT2D eigenvalue weighted by molar-refractivity contribution is -0.691. The quantitative estimate of drug-likeness (QED) is 0.406. The van der Waals surface area contributed by atoms with E-state index in [1.165, 1.54) is 54.4 Å². The Hall–Kier alpha value is -1.79. The van der Waals surface area contributed by atoms with E-state index < -0.39 is 0 Å². The fourth-order valence-corrected chi connectivity index (χ4v) is 8.59.